The summed E-state index contributed by atoms with van der Waals surface area (Å²) in [4.78, 5) is 12.0. The Morgan fingerprint density at radius 1 is 1.36 bits per heavy atom. The number of carbonyl (C=O) groups excluding carboxylic acids is 1. The first-order chi connectivity index (χ1) is 6.79. The summed E-state index contributed by atoms with van der Waals surface area (Å²) in [5.74, 6) is 0.957. The van der Waals surface area contributed by atoms with Crippen LogP contribution in [0.15, 0.2) is 30.3 Å². The van der Waals surface area contributed by atoms with Crippen LogP contribution in [0.1, 0.15) is 17.3 Å². The highest BCUT2D eigenvalue weighted by Crippen LogP contribution is 2.20. The van der Waals surface area contributed by atoms with Gasteiger partial charge in [0.1, 0.15) is 0 Å². The molecule has 1 atom stereocenters. The van der Waals surface area contributed by atoms with E-state index in [2.05, 4.69) is 5.32 Å². The number of hydrogen-bond acceptors (Lipinski definition) is 2. The Labute approximate surface area is 84.3 Å². The van der Waals surface area contributed by atoms with Crippen molar-refractivity contribution in [3.63, 3.8) is 0 Å². The number of nitrogens with one attached hydrogen (secondary N) is 1. The van der Waals surface area contributed by atoms with Gasteiger partial charge in [0, 0.05) is 11.5 Å². The van der Waals surface area contributed by atoms with Crippen molar-refractivity contribution in [2.75, 3.05) is 13.1 Å². The molecule has 0 aliphatic carbocycles. The lowest BCUT2D eigenvalue weighted by atomic mass is 9.83. The van der Waals surface area contributed by atoms with Gasteiger partial charge < -0.3 is 5.32 Å². The van der Waals surface area contributed by atoms with E-state index >= 15 is 0 Å². The molecule has 74 valence electrons. The van der Waals surface area contributed by atoms with Gasteiger partial charge >= 0.3 is 0 Å². The molecular formula is C12H15NO. The predicted molar refractivity (Wildman–Crippen MR) is 56.3 cm³/mol. The monoisotopic (exact) mass is 189 g/mol. The van der Waals surface area contributed by atoms with Gasteiger partial charge in [0.25, 0.3) is 0 Å². The fourth-order valence-corrected chi connectivity index (χ4v) is 1.74. The number of Topliss-reactive ketones (excluding diaryl/α,β-unsaturated/α-hetero) is 1. The molecule has 0 spiro atoms. The predicted octanol–water partition coefficient (Wildman–Crippen LogP) is 1.72. The number of carbonyl (C=O) groups is 1. The van der Waals surface area contributed by atoms with E-state index in [0.29, 0.717) is 5.92 Å². The Bertz CT molecular complexity index is 316. The third-order valence-corrected chi connectivity index (χ3v) is 2.99. The summed E-state index contributed by atoms with van der Waals surface area (Å²) in [7, 11) is 0. The minimum Gasteiger partial charge on any atom is -0.316 e. The first kappa shape index (κ1) is 9.41. The summed E-state index contributed by atoms with van der Waals surface area (Å²) in [5.41, 5.74) is 0.840. The van der Waals surface area contributed by atoms with E-state index in [1.165, 1.54) is 0 Å². The van der Waals surface area contributed by atoms with Crippen molar-refractivity contribution in [1.29, 1.82) is 0 Å². The van der Waals surface area contributed by atoms with Crippen molar-refractivity contribution in [3.8, 4) is 0 Å². The molecule has 1 saturated heterocycles. The Morgan fingerprint density at radius 3 is 2.50 bits per heavy atom. The topological polar surface area (TPSA) is 29.1 Å². The summed E-state index contributed by atoms with van der Waals surface area (Å²) in [5, 5.41) is 3.20. The zero-order chi connectivity index (χ0) is 9.97. The average Bonchev–Trinajstić information content (AvgIpc) is 2.15. The number of hydrogen-bond donors (Lipinski definition) is 1. The first-order valence-electron chi connectivity index (χ1n) is 5.09. The number of rotatable bonds is 3. The third kappa shape index (κ3) is 1.70. The lowest BCUT2D eigenvalue weighted by Gasteiger charge is -2.31. The zero-order valence-corrected chi connectivity index (χ0v) is 8.36. The molecule has 0 amide bonds. The van der Waals surface area contributed by atoms with Crippen LogP contribution in [0.25, 0.3) is 0 Å². The van der Waals surface area contributed by atoms with Gasteiger partial charge in [0.15, 0.2) is 5.78 Å². The molecule has 1 aliphatic heterocycles. The molecule has 1 fully saturated rings. The minimum absolute atomic E-state index is 0.152. The van der Waals surface area contributed by atoms with Gasteiger partial charge in [-0.1, -0.05) is 37.3 Å². The summed E-state index contributed by atoms with van der Waals surface area (Å²) >= 11 is 0. The molecule has 1 aromatic carbocycles. The average molecular weight is 189 g/mol. The van der Waals surface area contributed by atoms with Crippen molar-refractivity contribution in [2.45, 2.75) is 6.92 Å². The van der Waals surface area contributed by atoms with Crippen LogP contribution in [0.4, 0.5) is 0 Å². The second-order valence-corrected chi connectivity index (χ2v) is 3.94. The van der Waals surface area contributed by atoms with E-state index < -0.39 is 0 Å². The van der Waals surface area contributed by atoms with E-state index in [0.717, 1.165) is 18.7 Å². The molecule has 0 saturated carbocycles. The molecule has 1 heterocycles. The quantitative estimate of drug-likeness (QED) is 0.734. The van der Waals surface area contributed by atoms with Crippen LogP contribution < -0.4 is 5.32 Å². The highest BCUT2D eigenvalue weighted by Gasteiger charge is 2.28. The van der Waals surface area contributed by atoms with E-state index in [-0.39, 0.29) is 11.7 Å². The van der Waals surface area contributed by atoms with Crippen LogP contribution in [0.5, 0.6) is 0 Å². The van der Waals surface area contributed by atoms with E-state index in [4.69, 9.17) is 0 Å². The molecule has 0 radical (unpaired) electrons. The molecule has 1 N–H and O–H groups in total. The molecule has 0 bridgehead atoms. The van der Waals surface area contributed by atoms with Crippen LogP contribution >= 0.6 is 0 Å². The lowest BCUT2D eigenvalue weighted by molar-refractivity contribution is 0.0854. The summed E-state index contributed by atoms with van der Waals surface area (Å²) in [6.45, 7) is 4.00. The maximum atomic E-state index is 12.0. The van der Waals surface area contributed by atoms with Crippen LogP contribution in [0.2, 0.25) is 0 Å². The van der Waals surface area contributed by atoms with Gasteiger partial charge in [-0.2, -0.15) is 0 Å². The Balaban J connectivity index is 2.07. The molecule has 1 aromatic rings. The summed E-state index contributed by atoms with van der Waals surface area (Å²) < 4.78 is 0. The van der Waals surface area contributed by atoms with Gasteiger partial charge in [-0.25, -0.2) is 0 Å². The smallest absolute Gasteiger partial charge is 0.166 e. The highest BCUT2D eigenvalue weighted by molar-refractivity contribution is 5.97. The largest absolute Gasteiger partial charge is 0.316 e. The van der Waals surface area contributed by atoms with Crippen molar-refractivity contribution in [1.82, 2.24) is 5.32 Å². The first-order valence-corrected chi connectivity index (χ1v) is 5.09. The van der Waals surface area contributed by atoms with Crippen LogP contribution in [0.3, 0.4) is 0 Å². The van der Waals surface area contributed by atoms with Crippen molar-refractivity contribution < 1.29 is 4.79 Å². The fourth-order valence-electron chi connectivity index (χ4n) is 1.74. The maximum absolute atomic E-state index is 12.0. The van der Waals surface area contributed by atoms with Gasteiger partial charge in [-0.05, 0) is 19.0 Å². The maximum Gasteiger partial charge on any atom is 0.166 e. The molecule has 2 heteroatoms. The van der Waals surface area contributed by atoms with Crippen molar-refractivity contribution >= 4 is 5.78 Å². The summed E-state index contributed by atoms with van der Waals surface area (Å²) in [6, 6.07) is 9.56. The standard InChI is InChI=1S/C12H15NO/c1-9(11-7-13-8-11)12(14)10-5-3-2-4-6-10/h2-6,9,11,13H,7-8H2,1H3. The Hall–Kier alpha value is -1.15. The Kier molecular flexibility index (Phi) is 2.64. The SMILES string of the molecule is CC(C(=O)c1ccccc1)C1CNC1. The van der Waals surface area contributed by atoms with Crippen LogP contribution in [-0.2, 0) is 0 Å². The van der Waals surface area contributed by atoms with E-state index in [9.17, 15) is 4.79 Å². The molecule has 2 rings (SSSR count). The second kappa shape index (κ2) is 3.93. The lowest BCUT2D eigenvalue weighted by Crippen LogP contribution is -2.47. The van der Waals surface area contributed by atoms with Crippen LogP contribution in [-0.4, -0.2) is 18.9 Å². The summed E-state index contributed by atoms with van der Waals surface area (Å²) in [6.07, 6.45) is 0. The van der Waals surface area contributed by atoms with Crippen LogP contribution in [0, 0.1) is 11.8 Å². The third-order valence-electron chi connectivity index (χ3n) is 2.99. The normalized spacial score (nSPS) is 18.6. The van der Waals surface area contributed by atoms with Gasteiger partial charge in [-0.15, -0.1) is 0 Å². The highest BCUT2D eigenvalue weighted by atomic mass is 16.1. The molecule has 14 heavy (non-hydrogen) atoms. The van der Waals surface area contributed by atoms with Gasteiger partial charge in [0.05, 0.1) is 0 Å². The number of benzene rings is 1. The second-order valence-electron chi connectivity index (χ2n) is 3.94. The van der Waals surface area contributed by atoms with Crippen molar-refractivity contribution in [2.24, 2.45) is 11.8 Å². The Morgan fingerprint density at radius 2 is 2.00 bits per heavy atom. The van der Waals surface area contributed by atoms with E-state index in [1.807, 2.05) is 37.3 Å². The zero-order valence-electron chi connectivity index (χ0n) is 8.36. The van der Waals surface area contributed by atoms with Crippen molar-refractivity contribution in [3.05, 3.63) is 35.9 Å². The molecule has 1 unspecified atom stereocenters. The molecule has 1 aliphatic rings. The van der Waals surface area contributed by atoms with Gasteiger partial charge in [-0.3, -0.25) is 4.79 Å². The number of ketones is 1. The van der Waals surface area contributed by atoms with Gasteiger partial charge in [0.2, 0.25) is 0 Å². The van der Waals surface area contributed by atoms with E-state index in [1.54, 1.807) is 0 Å². The molecule has 2 nitrogen and oxygen atoms in total. The molecular weight excluding hydrogens is 174 g/mol. The molecule has 0 aromatic heterocycles. The minimum atomic E-state index is 0.152. The fraction of sp³-hybridized carbons (Fsp3) is 0.417.